The summed E-state index contributed by atoms with van der Waals surface area (Å²) in [5.74, 6) is 0. The van der Waals surface area contributed by atoms with Crippen LogP contribution in [0.1, 0.15) is 16.7 Å². The lowest BCUT2D eigenvalue weighted by atomic mass is 9.73. The molecule has 0 saturated heterocycles. The lowest BCUT2D eigenvalue weighted by Crippen LogP contribution is -2.68. The van der Waals surface area contributed by atoms with Crippen molar-refractivity contribution in [1.29, 1.82) is 0 Å². The maximum absolute atomic E-state index is 15.3. The molecule has 3 aromatic rings. The topological polar surface area (TPSA) is 9.23 Å². The van der Waals surface area contributed by atoms with Crippen LogP contribution in [0.5, 0.6) is 0 Å². The average Bonchev–Trinajstić information content (AvgIpc) is 2.67. The Balaban J connectivity index is 2.13. The molecule has 0 aliphatic carbocycles. The van der Waals surface area contributed by atoms with Gasteiger partial charge in [-0.25, -0.2) is 0 Å². The Morgan fingerprint density at radius 1 is 0.731 bits per heavy atom. The average molecular weight is 351 g/mol. The van der Waals surface area contributed by atoms with Gasteiger partial charge in [0, 0.05) is 19.7 Å². The van der Waals surface area contributed by atoms with E-state index in [-0.39, 0.29) is 0 Å². The summed E-state index contributed by atoms with van der Waals surface area (Å²) in [5.41, 5.74) is 1.35. The second-order valence-electron chi connectivity index (χ2n) is 7.15. The van der Waals surface area contributed by atoms with Crippen LogP contribution in [0.3, 0.4) is 0 Å². The van der Waals surface area contributed by atoms with Gasteiger partial charge in [0.1, 0.15) is 11.3 Å². The Bertz CT molecular complexity index is 890. The fourth-order valence-corrected chi connectivity index (χ4v) is 3.80. The van der Waals surface area contributed by atoms with Gasteiger partial charge in [0.05, 0.1) is 0 Å². The molecular weight excluding hydrogens is 331 g/mol. The molecule has 0 unspecified atom stereocenters. The van der Waals surface area contributed by atoms with Crippen molar-refractivity contribution in [2.24, 2.45) is 0 Å². The number of hydrogen-bond donors (Lipinski definition) is 0. The van der Waals surface area contributed by atoms with Gasteiger partial charge in [0.15, 0.2) is 0 Å². The fraction of sp³-hybridized carbons (Fsp3) is 0.143. The summed E-state index contributed by atoms with van der Waals surface area (Å²) >= 11 is 0. The highest BCUT2D eigenvalue weighted by molar-refractivity contribution is 6.61. The van der Waals surface area contributed by atoms with Crippen molar-refractivity contribution in [3.8, 4) is 0 Å². The molecule has 1 aliphatic rings. The van der Waals surface area contributed by atoms with Crippen LogP contribution in [-0.4, -0.2) is 21.1 Å². The molecule has 0 radical (unpaired) electrons. The summed E-state index contributed by atoms with van der Waals surface area (Å²) in [6, 6.07) is 25.9. The van der Waals surface area contributed by atoms with Crippen LogP contribution in [0, 0.1) is 0 Å². The monoisotopic (exact) mass is 351 g/mol. The number of nitrogens with zero attached hydrogens (tertiary/aromatic N) is 1. The van der Waals surface area contributed by atoms with Crippen LogP contribution in [-0.2, 0) is 10.3 Å². The molecule has 3 aromatic carbocycles. The second kappa shape index (κ2) is 5.76. The highest BCUT2D eigenvalue weighted by atomic mass is 19.3. The Morgan fingerprint density at radius 2 is 1.19 bits per heavy atom. The first-order valence-electron chi connectivity index (χ1n) is 8.65. The molecule has 0 N–H and O–H groups in total. The van der Waals surface area contributed by atoms with Gasteiger partial charge in [-0.15, -0.1) is 0 Å². The first kappa shape index (κ1) is 16.9. The first-order valence-corrected chi connectivity index (χ1v) is 8.65. The quantitative estimate of drug-likeness (QED) is 0.594. The number of rotatable bonds is 2. The fourth-order valence-electron chi connectivity index (χ4n) is 3.80. The van der Waals surface area contributed by atoms with Gasteiger partial charge in [-0.05, 0) is 23.3 Å². The third-order valence-electron chi connectivity index (χ3n) is 5.33. The minimum absolute atomic E-state index is 0.566. The van der Waals surface area contributed by atoms with Crippen molar-refractivity contribution in [1.82, 2.24) is 4.39 Å². The lowest BCUT2D eigenvalue weighted by molar-refractivity contribution is 0.0535. The van der Waals surface area contributed by atoms with E-state index in [2.05, 4.69) is 0 Å². The summed E-state index contributed by atoms with van der Waals surface area (Å²) in [7, 11) is -1.18. The Kier molecular flexibility index (Phi) is 3.75. The normalized spacial score (nSPS) is 19.5. The van der Waals surface area contributed by atoms with E-state index in [9.17, 15) is 0 Å². The van der Waals surface area contributed by atoms with E-state index < -0.39 is 17.0 Å². The van der Waals surface area contributed by atoms with Crippen molar-refractivity contribution >= 4 is 12.7 Å². The number of fused-ring (bicyclic) bond motifs is 1. The van der Waals surface area contributed by atoms with Gasteiger partial charge in [-0.3, -0.25) is 0 Å². The highest BCUT2D eigenvalue weighted by Gasteiger charge is 2.61. The van der Waals surface area contributed by atoms with E-state index in [0.717, 1.165) is 5.56 Å². The Morgan fingerprint density at radius 3 is 1.73 bits per heavy atom. The van der Waals surface area contributed by atoms with Crippen molar-refractivity contribution in [2.45, 2.75) is 5.60 Å². The van der Waals surface area contributed by atoms with Crippen molar-refractivity contribution < 1.29 is 13.3 Å². The largest absolute Gasteiger partial charge is 0.702 e. The molecule has 1 aliphatic heterocycles. The molecule has 0 fully saturated rings. The van der Waals surface area contributed by atoms with Crippen molar-refractivity contribution in [2.75, 3.05) is 14.1 Å². The van der Waals surface area contributed by atoms with Crippen molar-refractivity contribution in [3.63, 3.8) is 0 Å². The lowest BCUT2D eigenvalue weighted by Gasteiger charge is -2.55. The van der Waals surface area contributed by atoms with E-state index >= 15 is 8.63 Å². The van der Waals surface area contributed by atoms with Crippen LogP contribution >= 0.6 is 0 Å². The number of hydrogen-bond acceptors (Lipinski definition) is 1. The predicted molar refractivity (Wildman–Crippen MR) is 102 cm³/mol. The van der Waals surface area contributed by atoms with Crippen LogP contribution in [0.4, 0.5) is 14.3 Å². The SMILES string of the molecule is C[N+]1(C)c2ccccc2C(c2ccccc2)(c2ccccc2)O[B-]1(F)F. The standard InChI is InChI=1S/C21H20BF2NO/c1-25(2)20-16-10-9-15-19(20)21(26-22(25,23)24,17-11-5-3-6-12-17)18-13-7-4-8-14-18/h3-16H,1-2H3. The molecular formula is C21H20BF2NO. The summed E-state index contributed by atoms with van der Waals surface area (Å²) in [6.45, 7) is 0. The Labute approximate surface area is 152 Å². The molecule has 132 valence electrons. The van der Waals surface area contributed by atoms with Crippen LogP contribution in [0.25, 0.3) is 0 Å². The van der Waals surface area contributed by atoms with Crippen molar-refractivity contribution in [3.05, 3.63) is 102 Å². The highest BCUT2D eigenvalue weighted by Crippen LogP contribution is 2.52. The smallest absolute Gasteiger partial charge is 0.462 e. The predicted octanol–water partition coefficient (Wildman–Crippen LogP) is 4.95. The Hall–Kier alpha value is -2.50. The van der Waals surface area contributed by atoms with E-state index in [1.165, 1.54) is 14.1 Å². The van der Waals surface area contributed by atoms with E-state index in [1.54, 1.807) is 12.1 Å². The summed E-state index contributed by atoms with van der Waals surface area (Å²) in [4.78, 5) is 0. The molecule has 1 heterocycles. The molecule has 0 spiro atoms. The van der Waals surface area contributed by atoms with E-state index in [4.69, 9.17) is 4.65 Å². The zero-order chi connectivity index (χ0) is 18.4. The van der Waals surface area contributed by atoms with Gasteiger partial charge >= 0.3 is 7.04 Å². The van der Waals surface area contributed by atoms with Gasteiger partial charge < -0.3 is 17.7 Å². The third-order valence-corrected chi connectivity index (χ3v) is 5.33. The molecule has 0 aromatic heterocycles. The van der Waals surface area contributed by atoms with Gasteiger partial charge in [0.25, 0.3) is 0 Å². The number of para-hydroxylation sites is 1. The maximum atomic E-state index is 15.3. The third kappa shape index (κ3) is 2.24. The first-order chi connectivity index (χ1) is 12.4. The zero-order valence-corrected chi connectivity index (χ0v) is 14.8. The van der Waals surface area contributed by atoms with Gasteiger partial charge in [-0.1, -0.05) is 72.8 Å². The van der Waals surface area contributed by atoms with Crippen LogP contribution in [0.2, 0.25) is 0 Å². The molecule has 4 rings (SSSR count). The molecule has 0 amide bonds. The second-order valence-corrected chi connectivity index (χ2v) is 7.15. The van der Waals surface area contributed by atoms with Gasteiger partial charge in [-0.2, -0.15) is 0 Å². The van der Waals surface area contributed by atoms with Gasteiger partial charge in [0.2, 0.25) is 0 Å². The molecule has 0 bridgehead atoms. The summed E-state index contributed by atoms with van der Waals surface area (Å²) in [6.07, 6.45) is 0. The van der Waals surface area contributed by atoms with E-state index in [1.807, 2.05) is 72.8 Å². The number of halogens is 2. The maximum Gasteiger partial charge on any atom is 0.702 e. The molecule has 5 heteroatoms. The molecule has 0 atom stereocenters. The summed E-state index contributed by atoms with van der Waals surface area (Å²) < 4.78 is 35.9. The van der Waals surface area contributed by atoms with Crippen LogP contribution < -0.4 is 4.39 Å². The molecule has 26 heavy (non-hydrogen) atoms. The summed E-state index contributed by atoms with van der Waals surface area (Å²) in [5, 5.41) is 0. The number of quaternary nitrogens is 1. The zero-order valence-electron chi connectivity index (χ0n) is 14.8. The minimum Gasteiger partial charge on any atom is -0.462 e. The molecule has 2 nitrogen and oxygen atoms in total. The van der Waals surface area contributed by atoms with Crippen LogP contribution in [0.15, 0.2) is 84.9 Å². The van der Waals surface area contributed by atoms with E-state index in [0.29, 0.717) is 16.8 Å². The molecule has 0 saturated carbocycles. The minimum atomic E-state index is -4.18. The number of benzene rings is 3.